The maximum Gasteiger partial charge on any atom is 0.337 e. The van der Waals surface area contributed by atoms with Gasteiger partial charge in [-0.1, -0.05) is 13.8 Å². The van der Waals surface area contributed by atoms with Gasteiger partial charge in [-0.05, 0) is 38.0 Å². The summed E-state index contributed by atoms with van der Waals surface area (Å²) in [7, 11) is 2.43. The second-order valence-corrected chi connectivity index (χ2v) is 7.91. The zero-order valence-electron chi connectivity index (χ0n) is 16.5. The number of amides is 1. The van der Waals surface area contributed by atoms with Gasteiger partial charge in [-0.3, -0.25) is 9.59 Å². The first-order valence-electron chi connectivity index (χ1n) is 8.89. The van der Waals surface area contributed by atoms with Crippen LogP contribution >= 0.6 is 0 Å². The van der Waals surface area contributed by atoms with E-state index in [9.17, 15) is 19.2 Å². The average Bonchev–Trinajstić information content (AvgIpc) is 2.96. The van der Waals surface area contributed by atoms with Crippen molar-refractivity contribution < 1.29 is 33.4 Å². The molecule has 1 amide bonds. The third-order valence-electron chi connectivity index (χ3n) is 6.48. The Labute approximate surface area is 162 Å². The molecule has 2 fully saturated rings. The van der Waals surface area contributed by atoms with E-state index in [1.54, 1.807) is 0 Å². The number of carbonyl (C=O) groups is 4. The maximum atomic E-state index is 13.2. The minimum absolute atomic E-state index is 0.0807. The molecule has 1 aliphatic carbocycles. The molecule has 1 aromatic rings. The molecular formula is C20H23NO7. The number of anilines is 1. The number of fused-ring (bicyclic) bond motifs is 2. The van der Waals surface area contributed by atoms with Gasteiger partial charge in [0.15, 0.2) is 5.60 Å². The first-order valence-corrected chi connectivity index (χ1v) is 8.89. The van der Waals surface area contributed by atoms with E-state index >= 15 is 0 Å². The maximum absolute atomic E-state index is 13.2. The molecule has 2 aliphatic rings. The smallest absolute Gasteiger partial charge is 0.337 e. The highest BCUT2D eigenvalue weighted by Gasteiger charge is 2.75. The summed E-state index contributed by atoms with van der Waals surface area (Å²) in [5, 5.41) is 2.70. The molecule has 0 radical (unpaired) electrons. The summed E-state index contributed by atoms with van der Waals surface area (Å²) in [5.74, 6) is -2.22. The van der Waals surface area contributed by atoms with Gasteiger partial charge in [-0.2, -0.15) is 0 Å². The minimum Gasteiger partial charge on any atom is -0.465 e. The molecule has 8 nitrogen and oxygen atoms in total. The van der Waals surface area contributed by atoms with Gasteiger partial charge in [-0.15, -0.1) is 0 Å². The fraction of sp³-hybridized carbons (Fsp3) is 0.500. The standard InChI is InChI=1S/C20H23NO7/c1-18(2)19(3)6-7-20(18,28-17(19)25)16(24)21-13-9-11(14(22)26-4)8-12(10-13)15(23)27-5/h8-10H,6-7H2,1-5H3,(H,21,24)/t19-,20+/m0/s1. The van der Waals surface area contributed by atoms with Gasteiger partial charge >= 0.3 is 17.9 Å². The summed E-state index contributed by atoms with van der Waals surface area (Å²) in [6.45, 7) is 5.50. The second-order valence-electron chi connectivity index (χ2n) is 7.91. The van der Waals surface area contributed by atoms with Crippen LogP contribution < -0.4 is 5.32 Å². The lowest BCUT2D eigenvalue weighted by Gasteiger charge is -2.35. The number of hydrogen-bond donors (Lipinski definition) is 1. The number of benzene rings is 1. The predicted molar refractivity (Wildman–Crippen MR) is 97.7 cm³/mol. The van der Waals surface area contributed by atoms with Crippen LogP contribution in [-0.4, -0.2) is 43.6 Å². The van der Waals surface area contributed by atoms with Crippen LogP contribution in [0.3, 0.4) is 0 Å². The molecule has 1 aromatic carbocycles. The van der Waals surface area contributed by atoms with Crippen molar-refractivity contribution in [2.75, 3.05) is 19.5 Å². The molecule has 3 rings (SSSR count). The molecular weight excluding hydrogens is 366 g/mol. The predicted octanol–water partition coefficient (Wildman–Crippen LogP) is 2.32. The Balaban J connectivity index is 1.98. The SMILES string of the molecule is COC(=O)c1cc(NC(=O)[C@@]23CC[C@@](C)(C(=O)O2)C3(C)C)cc(C(=O)OC)c1. The molecule has 1 N–H and O–H groups in total. The fourth-order valence-electron chi connectivity index (χ4n) is 4.15. The van der Waals surface area contributed by atoms with Crippen molar-refractivity contribution in [3.63, 3.8) is 0 Å². The quantitative estimate of drug-likeness (QED) is 0.622. The van der Waals surface area contributed by atoms with Gasteiger partial charge < -0.3 is 19.5 Å². The molecule has 0 spiro atoms. The lowest BCUT2D eigenvalue weighted by molar-refractivity contribution is -0.165. The molecule has 2 bridgehead atoms. The molecule has 1 saturated heterocycles. The zero-order valence-corrected chi connectivity index (χ0v) is 16.5. The van der Waals surface area contributed by atoms with Crippen LogP contribution in [0, 0.1) is 10.8 Å². The van der Waals surface area contributed by atoms with Gasteiger partial charge in [-0.25, -0.2) is 9.59 Å². The molecule has 150 valence electrons. The molecule has 8 heteroatoms. The summed E-state index contributed by atoms with van der Waals surface area (Å²) in [4.78, 5) is 49.4. The number of ether oxygens (including phenoxy) is 3. The molecule has 0 aromatic heterocycles. The number of carbonyl (C=O) groups excluding carboxylic acids is 4. The summed E-state index contributed by atoms with van der Waals surface area (Å²) in [5.41, 5.74) is -2.41. The molecule has 28 heavy (non-hydrogen) atoms. The fourth-order valence-corrected chi connectivity index (χ4v) is 4.15. The summed E-state index contributed by atoms with van der Waals surface area (Å²) in [6, 6.07) is 4.10. The molecule has 1 heterocycles. The lowest BCUT2D eigenvalue weighted by atomic mass is 9.66. The lowest BCUT2D eigenvalue weighted by Crippen LogP contribution is -2.50. The highest BCUT2D eigenvalue weighted by molar-refractivity contribution is 6.05. The van der Waals surface area contributed by atoms with E-state index in [2.05, 4.69) is 5.32 Å². The molecule has 1 saturated carbocycles. The van der Waals surface area contributed by atoms with E-state index in [-0.39, 0.29) is 16.8 Å². The van der Waals surface area contributed by atoms with Gasteiger partial charge in [0.05, 0.1) is 30.8 Å². The number of hydrogen-bond acceptors (Lipinski definition) is 7. The molecule has 1 aliphatic heterocycles. The number of rotatable bonds is 4. The monoisotopic (exact) mass is 389 g/mol. The van der Waals surface area contributed by atoms with Crippen LogP contribution in [0.5, 0.6) is 0 Å². The summed E-state index contributed by atoms with van der Waals surface area (Å²) >= 11 is 0. The van der Waals surface area contributed by atoms with Crippen molar-refractivity contribution in [2.24, 2.45) is 10.8 Å². The normalized spacial score (nSPS) is 27.1. The Morgan fingerprint density at radius 2 is 1.50 bits per heavy atom. The Bertz CT molecular complexity index is 856. The number of nitrogens with one attached hydrogen (secondary N) is 1. The van der Waals surface area contributed by atoms with Crippen molar-refractivity contribution in [1.82, 2.24) is 0 Å². The summed E-state index contributed by atoms with van der Waals surface area (Å²) < 4.78 is 15.0. The van der Waals surface area contributed by atoms with Crippen molar-refractivity contribution in [3.05, 3.63) is 29.3 Å². The van der Waals surface area contributed by atoms with Crippen LogP contribution in [-0.2, 0) is 23.8 Å². The van der Waals surface area contributed by atoms with Crippen LogP contribution in [0.4, 0.5) is 5.69 Å². The first-order chi connectivity index (χ1) is 13.0. The number of methoxy groups -OCH3 is 2. The van der Waals surface area contributed by atoms with Gasteiger partial charge in [0.25, 0.3) is 5.91 Å². The number of esters is 3. The van der Waals surface area contributed by atoms with Crippen molar-refractivity contribution in [1.29, 1.82) is 0 Å². The topological polar surface area (TPSA) is 108 Å². The van der Waals surface area contributed by atoms with Crippen LogP contribution in [0.25, 0.3) is 0 Å². The van der Waals surface area contributed by atoms with Crippen LogP contribution in [0.2, 0.25) is 0 Å². The highest BCUT2D eigenvalue weighted by Crippen LogP contribution is 2.65. The van der Waals surface area contributed by atoms with E-state index in [0.29, 0.717) is 12.8 Å². The van der Waals surface area contributed by atoms with Crippen LogP contribution in [0.15, 0.2) is 18.2 Å². The summed E-state index contributed by atoms with van der Waals surface area (Å²) in [6.07, 6.45) is 0.941. The van der Waals surface area contributed by atoms with Gasteiger partial charge in [0.2, 0.25) is 0 Å². The Hall–Kier alpha value is -2.90. The highest BCUT2D eigenvalue weighted by atomic mass is 16.6. The average molecular weight is 389 g/mol. The minimum atomic E-state index is -1.31. The first kappa shape index (κ1) is 19.9. The molecule has 2 atom stereocenters. The molecule has 0 unspecified atom stereocenters. The van der Waals surface area contributed by atoms with Gasteiger partial charge in [0.1, 0.15) is 0 Å². The van der Waals surface area contributed by atoms with E-state index in [1.165, 1.54) is 32.4 Å². The third kappa shape index (κ3) is 2.51. The Morgan fingerprint density at radius 1 is 0.964 bits per heavy atom. The second kappa shape index (κ2) is 6.32. The van der Waals surface area contributed by atoms with E-state index in [4.69, 9.17) is 14.2 Å². The van der Waals surface area contributed by atoms with E-state index < -0.39 is 40.2 Å². The van der Waals surface area contributed by atoms with Crippen molar-refractivity contribution in [3.8, 4) is 0 Å². The van der Waals surface area contributed by atoms with Gasteiger partial charge in [0, 0.05) is 11.1 Å². The Morgan fingerprint density at radius 3 is 1.89 bits per heavy atom. The van der Waals surface area contributed by atoms with E-state index in [1.807, 2.05) is 20.8 Å². The van der Waals surface area contributed by atoms with Crippen molar-refractivity contribution in [2.45, 2.75) is 39.2 Å². The zero-order chi connectivity index (χ0) is 20.9. The third-order valence-corrected chi connectivity index (χ3v) is 6.48. The largest absolute Gasteiger partial charge is 0.465 e. The van der Waals surface area contributed by atoms with E-state index in [0.717, 1.165) is 0 Å². The Kier molecular flexibility index (Phi) is 4.48. The van der Waals surface area contributed by atoms with Crippen molar-refractivity contribution >= 4 is 29.5 Å². The van der Waals surface area contributed by atoms with Crippen LogP contribution in [0.1, 0.15) is 54.3 Å².